The van der Waals surface area contributed by atoms with Gasteiger partial charge in [0.2, 0.25) is 0 Å². The Morgan fingerprint density at radius 3 is 2.50 bits per heavy atom. The Morgan fingerprint density at radius 2 is 1.88 bits per heavy atom. The molecule has 0 fully saturated rings. The molecule has 0 atom stereocenters. The van der Waals surface area contributed by atoms with E-state index in [4.69, 9.17) is 5.73 Å². The second-order valence-electron chi connectivity index (χ2n) is 5.31. The van der Waals surface area contributed by atoms with Gasteiger partial charge in [-0.25, -0.2) is 0 Å². The Kier molecular flexibility index (Phi) is 4.78. The molecule has 2 amide bonds. The van der Waals surface area contributed by atoms with Crippen LogP contribution >= 0.6 is 22.7 Å². The van der Waals surface area contributed by atoms with Crippen LogP contribution in [0.15, 0.2) is 47.8 Å². The average molecular weight is 356 g/mol. The van der Waals surface area contributed by atoms with E-state index in [1.165, 1.54) is 22.7 Å². The van der Waals surface area contributed by atoms with E-state index in [1.807, 2.05) is 48.7 Å². The number of hydrogen-bond donors (Lipinski definition) is 2. The van der Waals surface area contributed by atoms with E-state index >= 15 is 0 Å². The molecule has 0 unspecified atom stereocenters. The summed E-state index contributed by atoms with van der Waals surface area (Å²) >= 11 is 2.76. The maximum atomic E-state index is 12.3. The molecule has 0 spiro atoms. The van der Waals surface area contributed by atoms with E-state index < -0.39 is 5.91 Å². The molecule has 0 saturated heterocycles. The van der Waals surface area contributed by atoms with Crippen LogP contribution in [0.25, 0.3) is 0 Å². The normalized spacial score (nSPS) is 10.5. The quantitative estimate of drug-likeness (QED) is 0.723. The minimum atomic E-state index is -0.524. The summed E-state index contributed by atoms with van der Waals surface area (Å²) in [5.74, 6) is -0.746. The Hall–Kier alpha value is -2.44. The molecular weight excluding hydrogens is 340 g/mol. The molecule has 3 N–H and O–H groups in total. The maximum Gasteiger partial charge on any atom is 0.266 e. The molecular formula is C18H16N2O2S2. The zero-order valence-corrected chi connectivity index (χ0v) is 14.7. The Bertz CT molecular complexity index is 868. The van der Waals surface area contributed by atoms with Crippen LogP contribution in [0.5, 0.6) is 0 Å². The van der Waals surface area contributed by atoms with Crippen LogP contribution < -0.4 is 11.1 Å². The number of rotatable bonds is 5. The van der Waals surface area contributed by atoms with Gasteiger partial charge < -0.3 is 11.1 Å². The predicted molar refractivity (Wildman–Crippen MR) is 99.1 cm³/mol. The molecule has 0 radical (unpaired) electrons. The van der Waals surface area contributed by atoms with E-state index in [9.17, 15) is 9.59 Å². The summed E-state index contributed by atoms with van der Waals surface area (Å²) in [4.78, 5) is 25.8. The van der Waals surface area contributed by atoms with E-state index in [-0.39, 0.29) is 5.91 Å². The van der Waals surface area contributed by atoms with Gasteiger partial charge in [-0.2, -0.15) is 0 Å². The lowest BCUT2D eigenvalue weighted by atomic mass is 10.1. The number of nitrogens with two attached hydrogens (primary N) is 1. The van der Waals surface area contributed by atoms with Gasteiger partial charge in [-0.15, -0.1) is 22.7 Å². The molecule has 0 aliphatic rings. The van der Waals surface area contributed by atoms with Crippen LogP contribution in [-0.4, -0.2) is 11.8 Å². The first-order valence-corrected chi connectivity index (χ1v) is 9.06. The zero-order chi connectivity index (χ0) is 17.1. The van der Waals surface area contributed by atoms with Crippen molar-refractivity contribution in [1.29, 1.82) is 0 Å². The predicted octanol–water partition coefficient (Wildman–Crippen LogP) is 4.06. The fraction of sp³-hybridized carbons (Fsp3) is 0.111. The summed E-state index contributed by atoms with van der Waals surface area (Å²) in [6.45, 7) is 1.87. The topological polar surface area (TPSA) is 72.2 Å². The molecule has 2 heterocycles. The van der Waals surface area contributed by atoms with Gasteiger partial charge in [0.15, 0.2) is 0 Å². The van der Waals surface area contributed by atoms with Crippen LogP contribution in [0.3, 0.4) is 0 Å². The molecule has 2 aromatic heterocycles. The fourth-order valence-electron chi connectivity index (χ4n) is 2.47. The van der Waals surface area contributed by atoms with Crippen molar-refractivity contribution in [2.24, 2.45) is 5.73 Å². The minimum absolute atomic E-state index is 0.222. The van der Waals surface area contributed by atoms with Crippen LogP contribution in [0, 0.1) is 6.92 Å². The Morgan fingerprint density at radius 1 is 1.12 bits per heavy atom. The fourth-order valence-corrected chi connectivity index (χ4v) is 4.33. The number of anilines is 1. The Labute approximate surface area is 147 Å². The van der Waals surface area contributed by atoms with E-state index in [0.717, 1.165) is 16.0 Å². The first-order chi connectivity index (χ1) is 11.6. The number of thiophene rings is 2. The highest BCUT2D eigenvalue weighted by Crippen LogP contribution is 2.34. The molecule has 0 bridgehead atoms. The summed E-state index contributed by atoms with van der Waals surface area (Å²) in [5, 5.41) is 5.19. The molecule has 0 aliphatic heterocycles. The highest BCUT2D eigenvalue weighted by Gasteiger charge is 2.21. The Balaban J connectivity index is 1.92. The molecule has 122 valence electrons. The molecule has 3 aromatic rings. The molecule has 24 heavy (non-hydrogen) atoms. The van der Waals surface area contributed by atoms with Crippen LogP contribution in [0.2, 0.25) is 0 Å². The van der Waals surface area contributed by atoms with E-state index in [1.54, 1.807) is 6.07 Å². The van der Waals surface area contributed by atoms with Crippen molar-refractivity contribution in [3.63, 3.8) is 0 Å². The maximum absolute atomic E-state index is 12.3. The largest absolute Gasteiger partial charge is 0.365 e. The van der Waals surface area contributed by atoms with Crippen molar-refractivity contribution >= 4 is 39.5 Å². The molecule has 0 aliphatic carbocycles. The van der Waals surface area contributed by atoms with Crippen molar-refractivity contribution in [2.45, 2.75) is 13.3 Å². The highest BCUT2D eigenvalue weighted by atomic mass is 32.1. The number of primary amides is 1. The number of benzene rings is 1. The third-order valence-corrected chi connectivity index (χ3v) is 5.75. The van der Waals surface area contributed by atoms with Gasteiger partial charge in [0.1, 0.15) is 5.00 Å². The summed E-state index contributed by atoms with van der Waals surface area (Å²) in [5.41, 5.74) is 7.91. The van der Waals surface area contributed by atoms with Crippen LogP contribution in [0.4, 0.5) is 5.00 Å². The van der Waals surface area contributed by atoms with Crippen molar-refractivity contribution < 1.29 is 9.59 Å². The van der Waals surface area contributed by atoms with Gasteiger partial charge >= 0.3 is 0 Å². The lowest BCUT2D eigenvalue weighted by Gasteiger charge is -2.03. The summed E-state index contributed by atoms with van der Waals surface area (Å²) in [6.07, 6.45) is 0.701. The van der Waals surface area contributed by atoms with E-state index in [2.05, 4.69) is 5.32 Å². The standard InChI is InChI=1S/C18H16N2O2S2/c1-11-14(10-12-6-3-2-4-7-12)24-18(15(11)16(19)21)20-17(22)13-8-5-9-23-13/h2-9H,10H2,1H3,(H2,19,21)(H,20,22). The van der Waals surface area contributed by atoms with Gasteiger partial charge in [0.05, 0.1) is 10.4 Å². The summed E-state index contributed by atoms with van der Waals surface area (Å²) in [6, 6.07) is 13.6. The molecule has 0 saturated carbocycles. The first-order valence-electron chi connectivity index (χ1n) is 7.37. The second kappa shape index (κ2) is 6.98. The number of hydrogen-bond acceptors (Lipinski definition) is 4. The monoisotopic (exact) mass is 356 g/mol. The SMILES string of the molecule is Cc1c(Cc2ccccc2)sc(NC(=O)c2cccs2)c1C(N)=O. The van der Waals surface area contributed by atoms with Gasteiger partial charge in [-0.1, -0.05) is 36.4 Å². The smallest absolute Gasteiger partial charge is 0.266 e. The van der Waals surface area contributed by atoms with Gasteiger partial charge in [0, 0.05) is 11.3 Å². The molecule has 4 nitrogen and oxygen atoms in total. The van der Waals surface area contributed by atoms with Crippen molar-refractivity contribution in [1.82, 2.24) is 0 Å². The van der Waals surface area contributed by atoms with Gasteiger partial charge in [-0.3, -0.25) is 9.59 Å². The lowest BCUT2D eigenvalue weighted by Crippen LogP contribution is -2.16. The summed E-state index contributed by atoms with van der Waals surface area (Å²) < 4.78 is 0. The highest BCUT2D eigenvalue weighted by molar-refractivity contribution is 7.17. The zero-order valence-electron chi connectivity index (χ0n) is 13.0. The molecule has 1 aromatic carbocycles. The first kappa shape index (κ1) is 16.4. The molecule has 3 rings (SSSR count). The second-order valence-corrected chi connectivity index (χ2v) is 7.37. The third kappa shape index (κ3) is 3.39. The lowest BCUT2D eigenvalue weighted by molar-refractivity contribution is 0.100. The van der Waals surface area contributed by atoms with Crippen molar-refractivity contribution in [3.05, 3.63) is 74.3 Å². The van der Waals surface area contributed by atoms with E-state index in [0.29, 0.717) is 21.9 Å². The number of carbonyl (C=O) groups is 2. The minimum Gasteiger partial charge on any atom is -0.365 e. The van der Waals surface area contributed by atoms with Gasteiger partial charge in [0.25, 0.3) is 11.8 Å². The average Bonchev–Trinajstić information content (AvgIpc) is 3.18. The molecule has 6 heteroatoms. The van der Waals surface area contributed by atoms with Crippen molar-refractivity contribution in [3.8, 4) is 0 Å². The van der Waals surface area contributed by atoms with Crippen LogP contribution in [-0.2, 0) is 6.42 Å². The van der Waals surface area contributed by atoms with Crippen molar-refractivity contribution in [2.75, 3.05) is 5.32 Å². The van der Waals surface area contributed by atoms with Gasteiger partial charge in [-0.05, 0) is 29.5 Å². The van der Waals surface area contributed by atoms with Crippen LogP contribution in [0.1, 0.15) is 36.0 Å². The number of amides is 2. The number of carbonyl (C=O) groups excluding carboxylic acids is 2. The third-order valence-electron chi connectivity index (χ3n) is 3.67. The number of nitrogens with one attached hydrogen (secondary N) is 1. The summed E-state index contributed by atoms with van der Waals surface area (Å²) in [7, 11) is 0.